The number of hydrogen-bond acceptors (Lipinski definition) is 9. The number of anilines is 1. The first-order valence-corrected chi connectivity index (χ1v) is 13.9. The molecular formula is C29H33N7O4. The van der Waals surface area contributed by atoms with Gasteiger partial charge in [0.15, 0.2) is 17.3 Å². The summed E-state index contributed by atoms with van der Waals surface area (Å²) < 4.78 is 18.8. The smallest absolute Gasteiger partial charge is 0.253 e. The van der Waals surface area contributed by atoms with Crippen LogP contribution in [0.4, 0.5) is 5.69 Å². The molecule has 11 nitrogen and oxygen atoms in total. The standard InChI is InChI=1S/C29H33N7O4/c1-18-5-6-19(2)24(12-18)34-7-9-35(10-8-34)27(28-31-32-33-36(28)16-21-4-3-11-38-21)22-13-20-14-25-26(40-17-39-25)15-23(20)30-29(22)37/h5-6,12-15,21,27H,3-4,7-11,16-17H2,1-2H3,(H,30,37)/t21-,27-/m0/s1. The summed E-state index contributed by atoms with van der Waals surface area (Å²) in [6.07, 6.45) is 2.08. The number of ether oxygens (including phenoxy) is 3. The first-order valence-electron chi connectivity index (χ1n) is 13.9. The summed E-state index contributed by atoms with van der Waals surface area (Å²) >= 11 is 0. The van der Waals surface area contributed by atoms with Gasteiger partial charge in [-0.3, -0.25) is 9.69 Å². The van der Waals surface area contributed by atoms with E-state index in [0.29, 0.717) is 34.9 Å². The summed E-state index contributed by atoms with van der Waals surface area (Å²) in [7, 11) is 0. The molecule has 40 heavy (non-hydrogen) atoms. The van der Waals surface area contributed by atoms with Crippen molar-refractivity contribution in [3.8, 4) is 11.5 Å². The van der Waals surface area contributed by atoms with Crippen LogP contribution in [0.25, 0.3) is 10.9 Å². The third kappa shape index (κ3) is 4.58. The molecular weight excluding hydrogens is 510 g/mol. The van der Waals surface area contributed by atoms with Gasteiger partial charge in [-0.15, -0.1) is 5.10 Å². The van der Waals surface area contributed by atoms with Gasteiger partial charge in [0.25, 0.3) is 5.56 Å². The van der Waals surface area contributed by atoms with Crippen LogP contribution >= 0.6 is 0 Å². The molecule has 0 aliphatic carbocycles. The van der Waals surface area contributed by atoms with Crippen molar-refractivity contribution >= 4 is 16.6 Å². The molecule has 0 amide bonds. The van der Waals surface area contributed by atoms with E-state index in [1.807, 2.05) is 22.9 Å². The number of benzene rings is 2. The number of rotatable bonds is 6. The van der Waals surface area contributed by atoms with Crippen LogP contribution < -0.4 is 19.9 Å². The lowest BCUT2D eigenvalue weighted by Gasteiger charge is -2.40. The van der Waals surface area contributed by atoms with E-state index in [-0.39, 0.29) is 18.5 Å². The highest BCUT2D eigenvalue weighted by atomic mass is 16.7. The van der Waals surface area contributed by atoms with Gasteiger partial charge in [-0.2, -0.15) is 0 Å². The zero-order valence-electron chi connectivity index (χ0n) is 22.8. The molecule has 11 heteroatoms. The molecule has 0 saturated carbocycles. The Morgan fingerprint density at radius 2 is 1.88 bits per heavy atom. The highest BCUT2D eigenvalue weighted by molar-refractivity contribution is 5.83. The van der Waals surface area contributed by atoms with E-state index in [1.165, 1.54) is 16.8 Å². The van der Waals surface area contributed by atoms with E-state index in [9.17, 15) is 4.79 Å². The van der Waals surface area contributed by atoms with Gasteiger partial charge in [-0.05, 0) is 66.4 Å². The molecule has 2 aromatic heterocycles. The van der Waals surface area contributed by atoms with Crippen LogP contribution in [0.1, 0.15) is 41.4 Å². The second kappa shape index (κ2) is 10.2. The maximum atomic E-state index is 13.7. The number of tetrazole rings is 1. The zero-order valence-corrected chi connectivity index (χ0v) is 22.8. The fourth-order valence-corrected chi connectivity index (χ4v) is 6.11. The van der Waals surface area contributed by atoms with E-state index >= 15 is 0 Å². The number of fused-ring (bicyclic) bond motifs is 2. The minimum Gasteiger partial charge on any atom is -0.454 e. The van der Waals surface area contributed by atoms with Crippen LogP contribution in [-0.4, -0.2) is 75.8 Å². The molecule has 2 atom stereocenters. The predicted octanol–water partition coefficient (Wildman–Crippen LogP) is 2.95. The Labute approximate surface area is 231 Å². The van der Waals surface area contributed by atoms with Crippen molar-refractivity contribution in [3.63, 3.8) is 0 Å². The SMILES string of the molecule is Cc1ccc(C)c(N2CCN([C@@H](c3cc4cc5c(cc4[nH]c3=O)OCO5)c3nnnn3C[C@@H]3CCCO3)CC2)c1. The van der Waals surface area contributed by atoms with Crippen molar-refractivity contribution < 1.29 is 14.2 Å². The summed E-state index contributed by atoms with van der Waals surface area (Å²) in [5, 5.41) is 13.7. The van der Waals surface area contributed by atoms with Gasteiger partial charge >= 0.3 is 0 Å². The molecule has 4 aromatic rings. The van der Waals surface area contributed by atoms with Crippen LogP contribution in [-0.2, 0) is 11.3 Å². The number of H-pyrrole nitrogens is 1. The van der Waals surface area contributed by atoms with Crippen molar-refractivity contribution in [1.82, 2.24) is 30.1 Å². The van der Waals surface area contributed by atoms with Gasteiger partial charge in [0, 0.05) is 55.5 Å². The van der Waals surface area contributed by atoms with Gasteiger partial charge in [-0.1, -0.05) is 12.1 Å². The second-order valence-electron chi connectivity index (χ2n) is 10.9. The number of nitrogens with one attached hydrogen (secondary N) is 1. The maximum absolute atomic E-state index is 13.7. The van der Waals surface area contributed by atoms with Gasteiger partial charge in [0.2, 0.25) is 6.79 Å². The molecule has 0 spiro atoms. The topological polar surface area (TPSA) is 111 Å². The van der Waals surface area contributed by atoms with Crippen LogP contribution in [0, 0.1) is 13.8 Å². The first kappa shape index (κ1) is 25.0. The van der Waals surface area contributed by atoms with E-state index < -0.39 is 6.04 Å². The van der Waals surface area contributed by atoms with Crippen molar-refractivity contribution in [3.05, 3.63) is 69.3 Å². The Kier molecular flexibility index (Phi) is 6.39. The molecule has 208 valence electrons. The normalized spacial score (nSPS) is 19.9. The molecule has 2 saturated heterocycles. The molecule has 5 heterocycles. The molecule has 2 aromatic carbocycles. The number of aromatic amines is 1. The molecule has 0 bridgehead atoms. The van der Waals surface area contributed by atoms with E-state index in [2.05, 4.69) is 62.4 Å². The first-order chi connectivity index (χ1) is 19.5. The van der Waals surface area contributed by atoms with Crippen LogP contribution in [0.5, 0.6) is 11.5 Å². The number of aryl methyl sites for hydroxylation is 2. The van der Waals surface area contributed by atoms with Gasteiger partial charge < -0.3 is 24.1 Å². The monoisotopic (exact) mass is 543 g/mol. The van der Waals surface area contributed by atoms with Crippen LogP contribution in [0.3, 0.4) is 0 Å². The second-order valence-corrected chi connectivity index (χ2v) is 10.9. The summed E-state index contributed by atoms with van der Waals surface area (Å²) in [6.45, 7) is 8.94. The lowest BCUT2D eigenvalue weighted by molar-refractivity contribution is 0.0906. The molecule has 2 fully saturated rings. The molecule has 3 aliphatic heterocycles. The Morgan fingerprint density at radius 1 is 1.05 bits per heavy atom. The molecule has 0 radical (unpaired) electrons. The zero-order chi connectivity index (χ0) is 27.2. The minimum absolute atomic E-state index is 0.0682. The average molecular weight is 544 g/mol. The lowest BCUT2D eigenvalue weighted by atomic mass is 10.0. The predicted molar refractivity (Wildman–Crippen MR) is 149 cm³/mol. The Hall–Kier alpha value is -3.96. The summed E-state index contributed by atoms with van der Waals surface area (Å²) in [5.41, 5.74) is 4.92. The Balaban J connectivity index is 1.26. The largest absolute Gasteiger partial charge is 0.454 e. The third-order valence-corrected chi connectivity index (χ3v) is 8.25. The maximum Gasteiger partial charge on any atom is 0.253 e. The molecule has 1 N–H and O–H groups in total. The summed E-state index contributed by atoms with van der Waals surface area (Å²) in [4.78, 5) is 21.5. The number of nitrogens with zero attached hydrogens (tertiary/aromatic N) is 6. The Bertz CT molecular complexity index is 1600. The van der Waals surface area contributed by atoms with Gasteiger partial charge in [0.1, 0.15) is 6.04 Å². The number of pyridine rings is 1. The summed E-state index contributed by atoms with van der Waals surface area (Å²) in [5.74, 6) is 1.96. The van der Waals surface area contributed by atoms with E-state index in [4.69, 9.17) is 14.2 Å². The number of hydrogen-bond donors (Lipinski definition) is 1. The Morgan fingerprint density at radius 3 is 2.67 bits per heavy atom. The fraction of sp³-hybridized carbons (Fsp3) is 0.448. The highest BCUT2D eigenvalue weighted by Crippen LogP contribution is 2.37. The van der Waals surface area contributed by atoms with E-state index in [0.717, 1.165) is 51.0 Å². The van der Waals surface area contributed by atoms with Crippen LogP contribution in [0.2, 0.25) is 0 Å². The minimum atomic E-state index is -0.421. The number of aromatic nitrogens is 5. The van der Waals surface area contributed by atoms with Crippen LogP contribution in [0.15, 0.2) is 41.2 Å². The lowest BCUT2D eigenvalue weighted by Crippen LogP contribution is -2.49. The quantitative estimate of drug-likeness (QED) is 0.392. The average Bonchev–Trinajstić information content (AvgIpc) is 3.73. The molecule has 3 aliphatic rings. The van der Waals surface area contributed by atoms with Crippen molar-refractivity contribution in [2.24, 2.45) is 0 Å². The third-order valence-electron chi connectivity index (χ3n) is 8.25. The summed E-state index contributed by atoms with van der Waals surface area (Å²) in [6, 6.07) is 11.9. The van der Waals surface area contributed by atoms with E-state index in [1.54, 1.807) is 0 Å². The van der Waals surface area contributed by atoms with Crippen molar-refractivity contribution in [2.75, 3.05) is 44.5 Å². The van der Waals surface area contributed by atoms with Gasteiger partial charge in [0.05, 0.1) is 18.2 Å². The fourth-order valence-electron chi connectivity index (χ4n) is 6.11. The number of piperazine rings is 1. The van der Waals surface area contributed by atoms with Crippen molar-refractivity contribution in [1.29, 1.82) is 0 Å². The molecule has 7 rings (SSSR count). The molecule has 0 unspecified atom stereocenters. The van der Waals surface area contributed by atoms with Gasteiger partial charge in [-0.25, -0.2) is 4.68 Å². The highest BCUT2D eigenvalue weighted by Gasteiger charge is 2.34. The van der Waals surface area contributed by atoms with Crippen molar-refractivity contribution in [2.45, 2.75) is 45.4 Å².